The van der Waals surface area contributed by atoms with Gasteiger partial charge in [-0.3, -0.25) is 4.79 Å². The molecule has 8 heteroatoms. The normalized spacial score (nSPS) is 17.2. The number of carbonyl (C=O) groups is 2. The van der Waals surface area contributed by atoms with Crippen LogP contribution in [-0.4, -0.2) is 28.3 Å². The van der Waals surface area contributed by atoms with Crippen molar-refractivity contribution >= 4 is 43.9 Å². The van der Waals surface area contributed by atoms with Crippen molar-refractivity contribution in [1.82, 2.24) is 4.90 Å². The van der Waals surface area contributed by atoms with Crippen LogP contribution < -0.4 is 4.74 Å². The molecule has 176 valence electrons. The second kappa shape index (κ2) is 10.7. The molecule has 0 spiro atoms. The first-order chi connectivity index (χ1) is 16.4. The van der Waals surface area contributed by atoms with Gasteiger partial charge < -0.3 is 9.47 Å². The third kappa shape index (κ3) is 5.18. The number of alkyl halides is 1. The van der Waals surface area contributed by atoms with Crippen molar-refractivity contribution in [2.75, 3.05) is 6.61 Å². The maximum atomic E-state index is 15.1. The van der Waals surface area contributed by atoms with E-state index in [0.29, 0.717) is 22.4 Å². The molecule has 3 atom stereocenters. The lowest BCUT2D eigenvalue weighted by atomic mass is 9.95. The van der Waals surface area contributed by atoms with E-state index in [4.69, 9.17) is 9.47 Å². The number of hydrogen-bond donors (Lipinski definition) is 0. The molecule has 0 radical (unpaired) electrons. The number of ether oxygens (including phenoxy) is 2. The number of rotatable bonds is 7. The SMILES string of the molecule is C[C@@H](c1cc(Br)c(OCc2ccccc2)cc1F)[C@@H](Br)C(=O)N1C(=O)OCC1c1ccccc1. The predicted molar refractivity (Wildman–Crippen MR) is 133 cm³/mol. The fraction of sp³-hybridized carbons (Fsp3) is 0.231. The highest BCUT2D eigenvalue weighted by atomic mass is 79.9. The summed E-state index contributed by atoms with van der Waals surface area (Å²) in [4.78, 5) is 25.9. The molecular formula is C26H22Br2FNO4. The second-order valence-electron chi connectivity index (χ2n) is 7.98. The number of amides is 2. The minimum absolute atomic E-state index is 0.0794. The molecule has 0 N–H and O–H groups in total. The van der Waals surface area contributed by atoms with Crippen LogP contribution in [0.15, 0.2) is 77.3 Å². The maximum absolute atomic E-state index is 15.1. The van der Waals surface area contributed by atoms with E-state index in [1.165, 1.54) is 6.07 Å². The number of nitrogens with zero attached hydrogens (tertiary/aromatic N) is 1. The van der Waals surface area contributed by atoms with Crippen molar-refractivity contribution in [3.05, 3.63) is 99.8 Å². The smallest absolute Gasteiger partial charge is 0.417 e. The number of benzene rings is 3. The molecule has 1 unspecified atom stereocenters. The quantitative estimate of drug-likeness (QED) is 0.285. The van der Waals surface area contributed by atoms with Crippen molar-refractivity contribution in [2.24, 2.45) is 0 Å². The van der Waals surface area contributed by atoms with Crippen molar-refractivity contribution in [3.8, 4) is 5.75 Å². The zero-order chi connectivity index (χ0) is 24.2. The van der Waals surface area contributed by atoms with Gasteiger partial charge in [-0.1, -0.05) is 83.5 Å². The summed E-state index contributed by atoms with van der Waals surface area (Å²) in [5.74, 6) is -1.19. The third-order valence-corrected chi connectivity index (χ3v) is 7.55. The van der Waals surface area contributed by atoms with E-state index < -0.39 is 34.6 Å². The first kappa shape index (κ1) is 24.4. The van der Waals surface area contributed by atoms with E-state index in [-0.39, 0.29) is 6.61 Å². The average Bonchev–Trinajstić information content (AvgIpc) is 3.25. The van der Waals surface area contributed by atoms with E-state index >= 15 is 4.39 Å². The Morgan fingerprint density at radius 2 is 1.79 bits per heavy atom. The number of imide groups is 1. The summed E-state index contributed by atoms with van der Waals surface area (Å²) in [5.41, 5.74) is 2.07. The molecule has 5 nitrogen and oxygen atoms in total. The fourth-order valence-electron chi connectivity index (χ4n) is 3.83. The summed E-state index contributed by atoms with van der Waals surface area (Å²) in [6, 6.07) is 21.2. The lowest BCUT2D eigenvalue weighted by molar-refractivity contribution is -0.128. The van der Waals surface area contributed by atoms with Crippen molar-refractivity contribution in [2.45, 2.75) is 30.3 Å². The molecule has 1 aliphatic heterocycles. The highest BCUT2D eigenvalue weighted by Gasteiger charge is 2.42. The average molecular weight is 591 g/mol. The monoisotopic (exact) mass is 589 g/mol. The number of hydrogen-bond acceptors (Lipinski definition) is 4. The Labute approximate surface area is 214 Å². The summed E-state index contributed by atoms with van der Waals surface area (Å²) in [6.45, 7) is 2.10. The van der Waals surface area contributed by atoms with E-state index in [2.05, 4.69) is 31.9 Å². The molecule has 3 aromatic rings. The number of halogens is 3. The van der Waals surface area contributed by atoms with Crippen LogP contribution in [0.2, 0.25) is 0 Å². The van der Waals surface area contributed by atoms with Crippen LogP contribution in [0.25, 0.3) is 0 Å². The van der Waals surface area contributed by atoms with Gasteiger partial charge >= 0.3 is 6.09 Å². The van der Waals surface area contributed by atoms with Gasteiger partial charge in [-0.05, 0) is 38.7 Å². The maximum Gasteiger partial charge on any atom is 0.417 e. The first-order valence-corrected chi connectivity index (χ1v) is 12.4. The van der Waals surface area contributed by atoms with Crippen LogP contribution in [0.4, 0.5) is 9.18 Å². The summed E-state index contributed by atoms with van der Waals surface area (Å²) in [5, 5.41) is 0. The van der Waals surface area contributed by atoms with Crippen LogP contribution in [0.5, 0.6) is 5.75 Å². The molecule has 34 heavy (non-hydrogen) atoms. The highest BCUT2D eigenvalue weighted by molar-refractivity contribution is 9.10. The molecule has 3 aromatic carbocycles. The van der Waals surface area contributed by atoms with Crippen molar-refractivity contribution < 1.29 is 23.5 Å². The minimum atomic E-state index is -0.846. The number of cyclic esters (lactones) is 1. The van der Waals surface area contributed by atoms with Gasteiger partial charge in [0.2, 0.25) is 5.91 Å². The molecule has 0 bridgehead atoms. The summed E-state index contributed by atoms with van der Waals surface area (Å²) in [6.07, 6.45) is -0.707. The largest absolute Gasteiger partial charge is 0.488 e. The predicted octanol–water partition coefficient (Wildman–Crippen LogP) is 6.75. The van der Waals surface area contributed by atoms with Gasteiger partial charge in [0.25, 0.3) is 0 Å². The Kier molecular flexibility index (Phi) is 7.68. The molecule has 1 heterocycles. The Hall–Kier alpha value is -2.71. The van der Waals surface area contributed by atoms with Gasteiger partial charge in [0.15, 0.2) is 0 Å². The number of carbonyl (C=O) groups excluding carboxylic acids is 2. The molecule has 1 fully saturated rings. The van der Waals surface area contributed by atoms with Crippen LogP contribution in [0.1, 0.15) is 35.6 Å². The standard InChI is InChI=1S/C26H22Br2FNO4/c1-16(19-12-20(27)23(13-21(19)29)33-14-17-8-4-2-5-9-17)24(28)25(31)30-22(15-34-26(30)32)18-10-6-3-7-11-18/h2-13,16,22,24H,14-15H2,1H3/t16-,22?,24+/m0/s1. The first-order valence-electron chi connectivity index (χ1n) is 10.7. The zero-order valence-electron chi connectivity index (χ0n) is 18.3. The summed E-state index contributed by atoms with van der Waals surface area (Å²) >= 11 is 6.86. The Balaban J connectivity index is 1.51. The second-order valence-corrected chi connectivity index (χ2v) is 9.82. The topological polar surface area (TPSA) is 55.8 Å². The highest BCUT2D eigenvalue weighted by Crippen LogP contribution is 2.37. The Morgan fingerprint density at radius 3 is 2.47 bits per heavy atom. The van der Waals surface area contributed by atoms with Crippen LogP contribution in [0.3, 0.4) is 0 Å². The Morgan fingerprint density at radius 1 is 1.15 bits per heavy atom. The molecular weight excluding hydrogens is 569 g/mol. The minimum Gasteiger partial charge on any atom is -0.488 e. The van der Waals surface area contributed by atoms with Gasteiger partial charge in [0, 0.05) is 12.0 Å². The molecule has 4 rings (SSSR count). The van der Waals surface area contributed by atoms with Gasteiger partial charge in [0.05, 0.1) is 4.47 Å². The van der Waals surface area contributed by atoms with E-state index in [1.807, 2.05) is 60.7 Å². The fourth-order valence-corrected chi connectivity index (χ4v) is 4.81. The van der Waals surface area contributed by atoms with Crippen molar-refractivity contribution in [1.29, 1.82) is 0 Å². The van der Waals surface area contributed by atoms with E-state index in [9.17, 15) is 9.59 Å². The van der Waals surface area contributed by atoms with Crippen LogP contribution >= 0.6 is 31.9 Å². The Bertz CT molecular complexity index is 1180. The molecule has 1 saturated heterocycles. The lowest BCUT2D eigenvalue weighted by Gasteiger charge is -2.26. The molecule has 2 amide bonds. The molecule has 1 aliphatic rings. The van der Waals surface area contributed by atoms with Crippen LogP contribution in [-0.2, 0) is 16.1 Å². The molecule has 0 aromatic heterocycles. The molecule has 0 saturated carbocycles. The van der Waals surface area contributed by atoms with Gasteiger partial charge in [-0.2, -0.15) is 0 Å². The summed E-state index contributed by atoms with van der Waals surface area (Å²) in [7, 11) is 0. The zero-order valence-corrected chi connectivity index (χ0v) is 21.5. The summed E-state index contributed by atoms with van der Waals surface area (Å²) < 4.78 is 26.6. The van der Waals surface area contributed by atoms with Gasteiger partial charge in [-0.15, -0.1) is 0 Å². The van der Waals surface area contributed by atoms with Gasteiger partial charge in [0.1, 0.15) is 35.6 Å². The molecule has 0 aliphatic carbocycles. The van der Waals surface area contributed by atoms with E-state index in [0.717, 1.165) is 16.0 Å². The third-order valence-electron chi connectivity index (χ3n) is 5.75. The van der Waals surface area contributed by atoms with Gasteiger partial charge in [-0.25, -0.2) is 14.1 Å². The van der Waals surface area contributed by atoms with Crippen molar-refractivity contribution in [3.63, 3.8) is 0 Å². The lowest BCUT2D eigenvalue weighted by Crippen LogP contribution is -2.41. The van der Waals surface area contributed by atoms with E-state index in [1.54, 1.807) is 13.0 Å². The van der Waals surface area contributed by atoms with Crippen LogP contribution in [0, 0.1) is 5.82 Å².